The molecule has 0 bridgehead atoms. The van der Waals surface area contributed by atoms with Crippen LogP contribution in [0, 0.1) is 6.92 Å². The number of hydrogen-bond acceptors (Lipinski definition) is 5. The number of aromatic nitrogens is 2. The first-order chi connectivity index (χ1) is 12.2. The minimum absolute atomic E-state index is 0.723. The lowest BCUT2D eigenvalue weighted by molar-refractivity contribution is 0.415. The zero-order chi connectivity index (χ0) is 17.2. The largest absolute Gasteiger partial charge is 0.497 e. The highest BCUT2D eigenvalue weighted by Gasteiger charge is 2.12. The summed E-state index contributed by atoms with van der Waals surface area (Å²) >= 11 is 1.68. The number of methoxy groups -OCH3 is 1. The number of fused-ring (bicyclic) bond motifs is 1. The number of nitrogens with one attached hydrogen (secondary N) is 1. The van der Waals surface area contributed by atoms with Crippen LogP contribution >= 0.6 is 11.3 Å². The van der Waals surface area contributed by atoms with Gasteiger partial charge in [0.05, 0.1) is 12.5 Å². The molecule has 0 saturated carbocycles. The summed E-state index contributed by atoms with van der Waals surface area (Å²) in [5.41, 5.74) is 1.94. The molecular formula is C20H17N3OS. The van der Waals surface area contributed by atoms with E-state index in [0.29, 0.717) is 0 Å². The molecule has 2 heterocycles. The maximum atomic E-state index is 5.31. The minimum atomic E-state index is 0.723. The van der Waals surface area contributed by atoms with Crippen LogP contribution in [0.15, 0.2) is 60.7 Å². The SMILES string of the molecule is COc1cccc(Nc2nc(-c3ccccc3)nc3sc(C)cc23)c1. The number of hydrogen-bond donors (Lipinski definition) is 1. The molecule has 0 amide bonds. The number of nitrogens with zero attached hydrogens (tertiary/aromatic N) is 2. The Labute approximate surface area is 150 Å². The van der Waals surface area contributed by atoms with Crippen LogP contribution in [0.5, 0.6) is 5.75 Å². The molecule has 4 nitrogen and oxygen atoms in total. The molecule has 4 aromatic rings. The molecule has 5 heteroatoms. The third-order valence-electron chi connectivity index (χ3n) is 3.88. The second kappa shape index (κ2) is 6.53. The van der Waals surface area contributed by atoms with Gasteiger partial charge in [0.1, 0.15) is 16.4 Å². The van der Waals surface area contributed by atoms with Crippen molar-refractivity contribution >= 4 is 33.1 Å². The highest BCUT2D eigenvalue weighted by atomic mass is 32.1. The van der Waals surface area contributed by atoms with E-state index in [9.17, 15) is 0 Å². The van der Waals surface area contributed by atoms with E-state index in [1.807, 2.05) is 54.6 Å². The first-order valence-electron chi connectivity index (χ1n) is 7.97. The van der Waals surface area contributed by atoms with Gasteiger partial charge in [0.25, 0.3) is 0 Å². The average molecular weight is 347 g/mol. The van der Waals surface area contributed by atoms with Gasteiger partial charge in [-0.05, 0) is 25.1 Å². The second-order valence-corrected chi connectivity index (χ2v) is 6.93. The molecule has 0 atom stereocenters. The molecule has 0 aliphatic carbocycles. The molecule has 0 fully saturated rings. The molecule has 0 aliphatic rings. The van der Waals surface area contributed by atoms with Crippen LogP contribution in [-0.4, -0.2) is 17.1 Å². The molecule has 4 rings (SSSR count). The third kappa shape index (κ3) is 3.19. The molecule has 2 aromatic heterocycles. The molecule has 124 valence electrons. The van der Waals surface area contributed by atoms with E-state index < -0.39 is 0 Å². The number of aryl methyl sites for hydroxylation is 1. The monoisotopic (exact) mass is 347 g/mol. The number of ether oxygens (including phenoxy) is 1. The summed E-state index contributed by atoms with van der Waals surface area (Å²) < 4.78 is 5.31. The minimum Gasteiger partial charge on any atom is -0.497 e. The predicted molar refractivity (Wildman–Crippen MR) is 104 cm³/mol. The van der Waals surface area contributed by atoms with Crippen molar-refractivity contribution in [2.75, 3.05) is 12.4 Å². The Kier molecular flexibility index (Phi) is 4.07. The standard InChI is InChI=1S/C20H17N3OS/c1-13-11-17-19(21-15-9-6-10-16(12-15)24-2)22-18(23-20(17)25-13)14-7-4-3-5-8-14/h3-12H,1-2H3,(H,21,22,23). The van der Waals surface area contributed by atoms with Gasteiger partial charge in [-0.15, -0.1) is 11.3 Å². The van der Waals surface area contributed by atoms with Crippen molar-refractivity contribution in [3.05, 3.63) is 65.5 Å². The van der Waals surface area contributed by atoms with Crippen molar-refractivity contribution in [1.82, 2.24) is 9.97 Å². The summed E-state index contributed by atoms with van der Waals surface area (Å²) in [6.07, 6.45) is 0. The maximum Gasteiger partial charge on any atom is 0.163 e. The smallest absolute Gasteiger partial charge is 0.163 e. The van der Waals surface area contributed by atoms with Crippen molar-refractivity contribution < 1.29 is 4.74 Å². The van der Waals surface area contributed by atoms with Crippen LogP contribution in [0.25, 0.3) is 21.6 Å². The number of thiophene rings is 1. The fraction of sp³-hybridized carbons (Fsp3) is 0.100. The van der Waals surface area contributed by atoms with E-state index in [1.54, 1.807) is 18.4 Å². The van der Waals surface area contributed by atoms with Crippen molar-refractivity contribution in [3.8, 4) is 17.1 Å². The predicted octanol–water partition coefficient (Wildman–Crippen LogP) is 5.42. The zero-order valence-electron chi connectivity index (χ0n) is 14.0. The van der Waals surface area contributed by atoms with Gasteiger partial charge in [0.2, 0.25) is 0 Å². The van der Waals surface area contributed by atoms with Crippen LogP contribution in [0.2, 0.25) is 0 Å². The summed E-state index contributed by atoms with van der Waals surface area (Å²) in [6, 6.07) is 20.0. The fourth-order valence-corrected chi connectivity index (χ4v) is 3.57. The van der Waals surface area contributed by atoms with Crippen molar-refractivity contribution in [2.24, 2.45) is 0 Å². The molecule has 0 saturated heterocycles. The Morgan fingerprint density at radius 2 is 1.80 bits per heavy atom. The zero-order valence-corrected chi connectivity index (χ0v) is 14.8. The van der Waals surface area contributed by atoms with Crippen LogP contribution < -0.4 is 10.1 Å². The summed E-state index contributed by atoms with van der Waals surface area (Å²) in [6.45, 7) is 2.09. The van der Waals surface area contributed by atoms with Crippen LogP contribution in [0.3, 0.4) is 0 Å². The van der Waals surface area contributed by atoms with E-state index in [0.717, 1.165) is 38.9 Å². The highest BCUT2D eigenvalue weighted by Crippen LogP contribution is 2.33. The Bertz CT molecular complexity index is 1030. The molecule has 0 spiro atoms. The summed E-state index contributed by atoms with van der Waals surface area (Å²) in [5.74, 6) is 2.34. The summed E-state index contributed by atoms with van der Waals surface area (Å²) in [4.78, 5) is 11.7. The van der Waals surface area contributed by atoms with Crippen LogP contribution in [0.1, 0.15) is 4.88 Å². The highest BCUT2D eigenvalue weighted by molar-refractivity contribution is 7.18. The van der Waals surface area contributed by atoms with Gasteiger partial charge < -0.3 is 10.1 Å². The lowest BCUT2D eigenvalue weighted by Gasteiger charge is -2.10. The maximum absolute atomic E-state index is 5.31. The molecule has 0 unspecified atom stereocenters. The Morgan fingerprint density at radius 3 is 2.60 bits per heavy atom. The Morgan fingerprint density at radius 1 is 0.960 bits per heavy atom. The van der Waals surface area contributed by atoms with Crippen molar-refractivity contribution in [2.45, 2.75) is 6.92 Å². The van der Waals surface area contributed by atoms with E-state index >= 15 is 0 Å². The lowest BCUT2D eigenvalue weighted by atomic mass is 10.2. The first kappa shape index (κ1) is 15.6. The quantitative estimate of drug-likeness (QED) is 0.535. The van der Waals surface area contributed by atoms with E-state index in [4.69, 9.17) is 14.7 Å². The fourth-order valence-electron chi connectivity index (χ4n) is 2.69. The molecule has 0 radical (unpaired) electrons. The van der Waals surface area contributed by atoms with Gasteiger partial charge in [-0.25, -0.2) is 9.97 Å². The molecular weight excluding hydrogens is 330 g/mol. The van der Waals surface area contributed by atoms with Gasteiger partial charge in [0.15, 0.2) is 5.82 Å². The Balaban J connectivity index is 1.83. The van der Waals surface area contributed by atoms with Gasteiger partial charge in [-0.2, -0.15) is 0 Å². The second-order valence-electron chi connectivity index (χ2n) is 5.69. The lowest BCUT2D eigenvalue weighted by Crippen LogP contribution is -1.98. The number of anilines is 2. The average Bonchev–Trinajstić information content (AvgIpc) is 3.03. The van der Waals surface area contributed by atoms with Gasteiger partial charge in [-0.1, -0.05) is 36.4 Å². The van der Waals surface area contributed by atoms with Crippen molar-refractivity contribution in [1.29, 1.82) is 0 Å². The van der Waals surface area contributed by atoms with Crippen LogP contribution in [0.4, 0.5) is 11.5 Å². The van der Waals surface area contributed by atoms with Crippen LogP contribution in [-0.2, 0) is 0 Å². The van der Waals surface area contributed by atoms with Gasteiger partial charge in [0, 0.05) is 22.2 Å². The first-order valence-corrected chi connectivity index (χ1v) is 8.79. The van der Waals surface area contributed by atoms with Crippen molar-refractivity contribution in [3.63, 3.8) is 0 Å². The third-order valence-corrected chi connectivity index (χ3v) is 4.82. The van der Waals surface area contributed by atoms with Gasteiger partial charge in [-0.3, -0.25) is 0 Å². The molecule has 2 aromatic carbocycles. The topological polar surface area (TPSA) is 47.0 Å². The van der Waals surface area contributed by atoms with E-state index in [2.05, 4.69) is 18.3 Å². The summed E-state index contributed by atoms with van der Waals surface area (Å²) in [7, 11) is 1.66. The molecule has 25 heavy (non-hydrogen) atoms. The summed E-state index contributed by atoms with van der Waals surface area (Å²) in [5, 5.41) is 4.45. The molecule has 1 N–H and O–H groups in total. The van der Waals surface area contributed by atoms with Gasteiger partial charge >= 0.3 is 0 Å². The van der Waals surface area contributed by atoms with E-state index in [-0.39, 0.29) is 0 Å². The van der Waals surface area contributed by atoms with E-state index in [1.165, 1.54) is 4.88 Å². The number of benzene rings is 2. The molecule has 0 aliphatic heterocycles. The normalized spacial score (nSPS) is 10.8. The Hall–Kier alpha value is -2.92. The number of rotatable bonds is 4.